The number of hydrogen-bond acceptors (Lipinski definition) is 13. The molecule has 4 aliphatic heterocycles. The number of nitrogens with zero attached hydrogens (tertiary/aromatic N) is 7. The van der Waals surface area contributed by atoms with Crippen molar-refractivity contribution in [2.24, 2.45) is 7.05 Å². The van der Waals surface area contributed by atoms with Gasteiger partial charge in [-0.1, -0.05) is 47.7 Å². The number of carbonyl (C=O) groups is 5. The van der Waals surface area contributed by atoms with Gasteiger partial charge in [0.15, 0.2) is 10.8 Å². The maximum atomic E-state index is 13.7. The van der Waals surface area contributed by atoms with Gasteiger partial charge in [0, 0.05) is 73.9 Å². The summed E-state index contributed by atoms with van der Waals surface area (Å²) in [5.74, 6) is -1.35. The first kappa shape index (κ1) is 47.8. The normalized spacial score (nSPS) is 18.0. The van der Waals surface area contributed by atoms with Crippen LogP contribution in [0.5, 0.6) is 5.75 Å². The molecule has 73 heavy (non-hydrogen) atoms. The van der Waals surface area contributed by atoms with Crippen LogP contribution in [0.25, 0.3) is 32.2 Å². The van der Waals surface area contributed by atoms with E-state index in [0.29, 0.717) is 71.7 Å². The molecular weight excluding hydrogens is 945 g/mol. The molecule has 3 fully saturated rings. The Labute approximate surface area is 425 Å². The minimum Gasteiger partial charge on any atom is -0.492 e. The number of fused-ring (bicyclic) bond motifs is 3. The van der Waals surface area contributed by atoms with Gasteiger partial charge >= 0.3 is 5.97 Å². The molecule has 1 unspecified atom stereocenters. The Morgan fingerprint density at radius 2 is 1.73 bits per heavy atom. The van der Waals surface area contributed by atoms with Crippen molar-refractivity contribution < 1.29 is 33.8 Å². The molecule has 4 amide bonds. The zero-order valence-corrected chi connectivity index (χ0v) is 41.6. The van der Waals surface area contributed by atoms with Crippen molar-refractivity contribution in [1.29, 1.82) is 0 Å². The zero-order chi connectivity index (χ0) is 50.4. The summed E-state index contributed by atoms with van der Waals surface area (Å²) in [5.41, 5.74) is 7.47. The standard InChI is InChI=1S/C55H56N10O7S/c1-33-36(37-16-18-46(58-50(37)53(70)71)64-25-20-34-8-5-10-38(41(34)31-64)51(68)60-54-57-42-11-3-4-13-45(42)73-54)9-6-12-44(33)72-29-28-65-24-7-21-55(65)22-26-63(27-23-55)32-48(67)56-35-14-15-39-43(30-35)62(2)61-49(39)40-17-19-47(66)59-52(40)69/h3-6,8-16,18,30,40H,7,17,19-29,31-32H2,1-2H3,(H,56,67)(H,70,71)(H,57,60,68)(H,59,66,69). The number of pyridine rings is 1. The first-order valence-corrected chi connectivity index (χ1v) is 25.8. The summed E-state index contributed by atoms with van der Waals surface area (Å²) in [6.45, 7) is 7.03. The highest BCUT2D eigenvalue weighted by atomic mass is 32.1. The third-order valence-electron chi connectivity index (χ3n) is 15.3. The van der Waals surface area contributed by atoms with E-state index < -0.39 is 11.9 Å². The number of benzene rings is 4. The number of rotatable bonds is 13. The van der Waals surface area contributed by atoms with Gasteiger partial charge in [-0.2, -0.15) is 5.10 Å². The molecule has 0 saturated carbocycles. The number of carboxylic acid groups (broad SMARTS) is 1. The number of anilines is 3. The summed E-state index contributed by atoms with van der Waals surface area (Å²) in [7, 11) is 1.81. The highest BCUT2D eigenvalue weighted by Crippen LogP contribution is 2.40. The SMILES string of the molecule is Cc1c(OCCN2CCCC23CCN(CC(=O)Nc2ccc4c(C5CCC(=O)NC5=O)nn(C)c4c2)CC3)cccc1-c1ccc(N2CCc3cccc(C(=O)Nc4nc5ccccc5s4)c3C2)nc1C(=O)O. The lowest BCUT2D eigenvalue weighted by atomic mass is 9.85. The van der Waals surface area contributed by atoms with Crippen LogP contribution >= 0.6 is 11.3 Å². The van der Waals surface area contributed by atoms with Crippen LogP contribution in [0, 0.1) is 6.92 Å². The van der Waals surface area contributed by atoms with Gasteiger partial charge in [0.25, 0.3) is 5.91 Å². The third kappa shape index (κ3) is 9.53. The fourth-order valence-electron chi connectivity index (χ4n) is 11.4. The van der Waals surface area contributed by atoms with Crippen LogP contribution in [-0.2, 0) is 34.4 Å². The Bertz CT molecular complexity index is 3310. The topological polar surface area (TPSA) is 204 Å². The second-order valence-corrected chi connectivity index (χ2v) is 20.6. The number of para-hydroxylation sites is 1. The van der Waals surface area contributed by atoms with Gasteiger partial charge in [-0.3, -0.25) is 44.3 Å². The van der Waals surface area contributed by atoms with Crippen molar-refractivity contribution in [2.45, 2.75) is 69.9 Å². The molecule has 4 aliphatic rings. The zero-order valence-electron chi connectivity index (χ0n) is 40.8. The maximum Gasteiger partial charge on any atom is 0.355 e. The van der Waals surface area contributed by atoms with Crippen LogP contribution in [0.15, 0.2) is 91.0 Å². The van der Waals surface area contributed by atoms with Gasteiger partial charge in [-0.05, 0) is 129 Å². The number of imide groups is 1. The summed E-state index contributed by atoms with van der Waals surface area (Å²) in [6, 6.07) is 28.5. The van der Waals surface area contributed by atoms with Crippen molar-refractivity contribution in [3.8, 4) is 16.9 Å². The molecular formula is C55H56N10O7S. The largest absolute Gasteiger partial charge is 0.492 e. The molecule has 3 aromatic heterocycles. The molecule has 374 valence electrons. The summed E-state index contributed by atoms with van der Waals surface area (Å²) in [5, 5.41) is 25.0. The molecule has 18 heteroatoms. The number of thiazole rings is 1. The quantitative estimate of drug-likeness (QED) is 0.0826. The van der Waals surface area contributed by atoms with E-state index >= 15 is 0 Å². The van der Waals surface area contributed by atoms with E-state index in [1.54, 1.807) is 4.68 Å². The van der Waals surface area contributed by atoms with Crippen molar-refractivity contribution in [1.82, 2.24) is 34.9 Å². The second kappa shape index (κ2) is 19.8. The van der Waals surface area contributed by atoms with E-state index in [1.165, 1.54) is 11.3 Å². The molecule has 0 aliphatic carbocycles. The summed E-state index contributed by atoms with van der Waals surface area (Å²) in [4.78, 5) is 80.4. The Kier molecular flexibility index (Phi) is 13.0. The molecule has 11 rings (SSSR count). The number of aromatic carboxylic acids is 1. The predicted molar refractivity (Wildman–Crippen MR) is 279 cm³/mol. The fourth-order valence-corrected chi connectivity index (χ4v) is 12.3. The number of nitrogens with one attached hydrogen (secondary N) is 3. The van der Waals surface area contributed by atoms with Gasteiger partial charge in [0.2, 0.25) is 17.7 Å². The first-order chi connectivity index (χ1) is 35.4. The van der Waals surface area contributed by atoms with E-state index in [0.717, 1.165) is 95.2 Å². The lowest BCUT2D eigenvalue weighted by Crippen LogP contribution is -2.53. The Hall–Kier alpha value is -7.54. The second-order valence-electron chi connectivity index (χ2n) is 19.6. The molecule has 1 atom stereocenters. The van der Waals surface area contributed by atoms with Crippen LogP contribution in [-0.4, -0.2) is 116 Å². The smallest absolute Gasteiger partial charge is 0.355 e. The Morgan fingerprint density at radius 3 is 2.55 bits per heavy atom. The Balaban J connectivity index is 0.697. The molecule has 7 aromatic rings. The molecule has 1 spiro atoms. The Morgan fingerprint density at radius 1 is 0.890 bits per heavy atom. The van der Waals surface area contributed by atoms with E-state index in [4.69, 9.17) is 9.72 Å². The molecule has 4 aromatic carbocycles. The average Bonchev–Trinajstić information content (AvgIpc) is 4.08. The first-order valence-electron chi connectivity index (χ1n) is 25.0. The van der Waals surface area contributed by atoms with Gasteiger partial charge in [0.05, 0.1) is 33.9 Å². The van der Waals surface area contributed by atoms with Crippen molar-refractivity contribution >= 4 is 78.7 Å². The number of ether oxygens (including phenoxy) is 1. The number of likely N-dealkylation sites (tertiary alicyclic amines) is 2. The summed E-state index contributed by atoms with van der Waals surface area (Å²) < 4.78 is 9.18. The molecule has 3 saturated heterocycles. The summed E-state index contributed by atoms with van der Waals surface area (Å²) in [6.07, 6.45) is 5.46. The lowest BCUT2D eigenvalue weighted by Gasteiger charge is -2.45. The van der Waals surface area contributed by atoms with Crippen molar-refractivity contribution in [3.63, 3.8) is 0 Å². The molecule has 0 radical (unpaired) electrons. The maximum absolute atomic E-state index is 13.7. The predicted octanol–water partition coefficient (Wildman–Crippen LogP) is 7.53. The number of aromatic nitrogens is 4. The molecule has 17 nitrogen and oxygen atoms in total. The number of piperidine rings is 2. The van der Waals surface area contributed by atoms with Gasteiger partial charge in [-0.15, -0.1) is 0 Å². The fraction of sp³-hybridized carbons (Fsp3) is 0.345. The van der Waals surface area contributed by atoms with Crippen LogP contribution in [0.4, 0.5) is 16.6 Å². The van der Waals surface area contributed by atoms with Gasteiger partial charge in [-0.25, -0.2) is 14.8 Å². The monoisotopic (exact) mass is 1000 g/mol. The number of hydrogen-bond donors (Lipinski definition) is 4. The van der Waals surface area contributed by atoms with E-state index in [9.17, 15) is 29.1 Å². The number of amides is 4. The van der Waals surface area contributed by atoms with Crippen LogP contribution in [0.2, 0.25) is 0 Å². The van der Waals surface area contributed by atoms with Crippen LogP contribution in [0.1, 0.15) is 87.7 Å². The number of carboxylic acids is 1. The third-order valence-corrected chi connectivity index (χ3v) is 16.2. The lowest BCUT2D eigenvalue weighted by molar-refractivity contribution is -0.134. The molecule has 0 bridgehead atoms. The van der Waals surface area contributed by atoms with Crippen molar-refractivity contribution in [2.75, 3.05) is 61.4 Å². The van der Waals surface area contributed by atoms with E-state index in [2.05, 4.69) is 35.8 Å². The number of carbonyl (C=O) groups excluding carboxylic acids is 4. The minimum atomic E-state index is -1.13. The van der Waals surface area contributed by atoms with E-state index in [1.807, 2.05) is 110 Å². The van der Waals surface area contributed by atoms with Crippen LogP contribution in [0.3, 0.4) is 0 Å². The van der Waals surface area contributed by atoms with Gasteiger partial charge < -0.3 is 20.1 Å². The molecule has 4 N–H and O–H groups in total. The molecule has 7 heterocycles. The highest BCUT2D eigenvalue weighted by Gasteiger charge is 2.43. The highest BCUT2D eigenvalue weighted by molar-refractivity contribution is 7.22. The number of aryl methyl sites for hydroxylation is 1. The minimum absolute atomic E-state index is 0.0451. The van der Waals surface area contributed by atoms with Crippen molar-refractivity contribution in [3.05, 3.63) is 125 Å². The van der Waals surface area contributed by atoms with Crippen LogP contribution < -0.4 is 25.6 Å². The van der Waals surface area contributed by atoms with E-state index in [-0.39, 0.29) is 47.8 Å². The van der Waals surface area contributed by atoms with Gasteiger partial charge in [0.1, 0.15) is 18.2 Å². The average molecular weight is 1000 g/mol. The summed E-state index contributed by atoms with van der Waals surface area (Å²) >= 11 is 1.43.